The fourth-order valence-electron chi connectivity index (χ4n) is 2.32. The fourth-order valence-corrected chi connectivity index (χ4v) is 2.32. The van der Waals surface area contributed by atoms with Gasteiger partial charge in [0.15, 0.2) is 0 Å². The average molecular weight is 242 g/mol. The van der Waals surface area contributed by atoms with Gasteiger partial charge in [-0.2, -0.15) is 0 Å². The highest BCUT2D eigenvalue weighted by Crippen LogP contribution is 2.19. The van der Waals surface area contributed by atoms with E-state index in [-0.39, 0.29) is 5.91 Å². The number of rotatable bonds is 5. The minimum atomic E-state index is -0.665. The summed E-state index contributed by atoms with van der Waals surface area (Å²) in [6.07, 6.45) is 3.03. The molecule has 1 saturated heterocycles. The van der Waals surface area contributed by atoms with Gasteiger partial charge in [0, 0.05) is 20.7 Å². The molecule has 4 nitrogen and oxygen atoms in total. The normalized spacial score (nSPS) is 20.9. The minimum absolute atomic E-state index is 0.0982. The number of hydrogen-bond donors (Lipinski definition) is 1. The Morgan fingerprint density at radius 2 is 2.06 bits per heavy atom. The van der Waals surface area contributed by atoms with Crippen molar-refractivity contribution < 1.29 is 9.53 Å². The molecule has 1 amide bonds. The molecule has 4 heteroatoms. The monoisotopic (exact) mass is 242 g/mol. The van der Waals surface area contributed by atoms with Gasteiger partial charge in [0.05, 0.1) is 0 Å². The van der Waals surface area contributed by atoms with E-state index in [1.807, 2.05) is 25.8 Å². The predicted molar refractivity (Wildman–Crippen MR) is 68.9 cm³/mol. The first-order valence-corrected chi connectivity index (χ1v) is 6.55. The topological polar surface area (TPSA) is 41.6 Å². The first kappa shape index (κ1) is 14.5. The van der Waals surface area contributed by atoms with Crippen molar-refractivity contribution in [2.75, 3.05) is 33.8 Å². The highest BCUT2D eigenvalue weighted by Gasteiger charge is 2.34. The Balaban J connectivity index is 2.50. The van der Waals surface area contributed by atoms with E-state index in [2.05, 4.69) is 5.32 Å². The van der Waals surface area contributed by atoms with Crippen LogP contribution in [0.1, 0.15) is 33.1 Å². The molecule has 100 valence electrons. The fraction of sp³-hybridized carbons (Fsp3) is 0.923. The third-order valence-corrected chi connectivity index (χ3v) is 3.92. The number of ether oxygens (including phenoxy) is 1. The van der Waals surface area contributed by atoms with Gasteiger partial charge >= 0.3 is 0 Å². The zero-order valence-corrected chi connectivity index (χ0v) is 11.6. The van der Waals surface area contributed by atoms with Gasteiger partial charge in [-0.05, 0) is 45.2 Å². The summed E-state index contributed by atoms with van der Waals surface area (Å²) in [7, 11) is 3.50. The molecule has 1 aliphatic heterocycles. The maximum absolute atomic E-state index is 12.3. The lowest BCUT2D eigenvalue weighted by Crippen LogP contribution is -2.48. The molecule has 0 aromatic rings. The molecular formula is C13H26N2O2. The van der Waals surface area contributed by atoms with E-state index in [9.17, 15) is 4.79 Å². The van der Waals surface area contributed by atoms with Crippen LogP contribution in [0.15, 0.2) is 0 Å². The van der Waals surface area contributed by atoms with Gasteiger partial charge in [-0.15, -0.1) is 0 Å². The van der Waals surface area contributed by atoms with Crippen LogP contribution in [-0.2, 0) is 9.53 Å². The highest BCUT2D eigenvalue weighted by atomic mass is 16.5. The van der Waals surface area contributed by atoms with Crippen LogP contribution in [0.5, 0.6) is 0 Å². The molecule has 0 aromatic carbocycles. The number of piperidine rings is 1. The molecule has 0 bridgehead atoms. The van der Waals surface area contributed by atoms with E-state index >= 15 is 0 Å². The second-order valence-electron chi connectivity index (χ2n) is 5.17. The molecule has 0 aromatic heterocycles. The van der Waals surface area contributed by atoms with Crippen molar-refractivity contribution in [3.05, 3.63) is 0 Å². The van der Waals surface area contributed by atoms with Gasteiger partial charge in [0.2, 0.25) is 0 Å². The Morgan fingerprint density at radius 1 is 1.47 bits per heavy atom. The van der Waals surface area contributed by atoms with Gasteiger partial charge in [0.25, 0.3) is 5.91 Å². The first-order valence-electron chi connectivity index (χ1n) is 6.55. The van der Waals surface area contributed by atoms with E-state index in [4.69, 9.17) is 4.74 Å². The molecular weight excluding hydrogens is 216 g/mol. The Labute approximate surface area is 105 Å². The van der Waals surface area contributed by atoms with Crippen molar-refractivity contribution in [2.45, 2.75) is 38.7 Å². The molecule has 0 aliphatic carbocycles. The molecule has 1 aliphatic rings. The molecule has 1 N–H and O–H groups in total. The van der Waals surface area contributed by atoms with Crippen LogP contribution in [0.3, 0.4) is 0 Å². The standard InChI is InChI=1S/C13H26N2O2/c1-5-13(2,17-4)12(16)15(3)10-11-6-8-14-9-7-11/h11,14H,5-10H2,1-4H3. The van der Waals surface area contributed by atoms with E-state index in [1.54, 1.807) is 7.11 Å². The number of nitrogens with one attached hydrogen (secondary N) is 1. The molecule has 17 heavy (non-hydrogen) atoms. The van der Waals surface area contributed by atoms with Crippen molar-refractivity contribution in [1.29, 1.82) is 0 Å². The quantitative estimate of drug-likeness (QED) is 0.789. The second-order valence-corrected chi connectivity index (χ2v) is 5.17. The van der Waals surface area contributed by atoms with E-state index in [1.165, 1.54) is 0 Å². The predicted octanol–water partition coefficient (Wildman–Crippen LogP) is 1.26. The van der Waals surface area contributed by atoms with Crippen LogP contribution in [0.2, 0.25) is 0 Å². The molecule has 1 atom stereocenters. The summed E-state index contributed by atoms with van der Waals surface area (Å²) < 4.78 is 5.36. The number of carbonyl (C=O) groups excluding carboxylic acids is 1. The average Bonchev–Trinajstić information content (AvgIpc) is 2.38. The summed E-state index contributed by atoms with van der Waals surface area (Å²) in [5, 5.41) is 3.34. The number of nitrogens with zero attached hydrogens (tertiary/aromatic N) is 1. The number of hydrogen-bond acceptors (Lipinski definition) is 3. The highest BCUT2D eigenvalue weighted by molar-refractivity contribution is 5.84. The van der Waals surface area contributed by atoms with Gasteiger partial charge in [0.1, 0.15) is 5.60 Å². The summed E-state index contributed by atoms with van der Waals surface area (Å²) in [6, 6.07) is 0. The maximum Gasteiger partial charge on any atom is 0.254 e. The Kier molecular flexibility index (Phi) is 5.40. The maximum atomic E-state index is 12.3. The second kappa shape index (κ2) is 6.36. The largest absolute Gasteiger partial charge is 0.369 e. The molecule has 0 saturated carbocycles. The Morgan fingerprint density at radius 3 is 2.53 bits per heavy atom. The molecule has 1 heterocycles. The zero-order valence-electron chi connectivity index (χ0n) is 11.6. The summed E-state index contributed by atoms with van der Waals surface area (Å²) in [6.45, 7) is 6.84. The third kappa shape index (κ3) is 3.68. The van der Waals surface area contributed by atoms with Crippen LogP contribution in [0.25, 0.3) is 0 Å². The summed E-state index contributed by atoms with van der Waals surface area (Å²) in [5.41, 5.74) is -0.665. The molecule has 1 rings (SSSR count). The van der Waals surface area contributed by atoms with Crippen molar-refractivity contribution in [3.8, 4) is 0 Å². The van der Waals surface area contributed by atoms with Crippen LogP contribution in [0, 0.1) is 5.92 Å². The van der Waals surface area contributed by atoms with E-state index < -0.39 is 5.60 Å². The number of likely N-dealkylation sites (N-methyl/N-ethyl adjacent to an activating group) is 1. The first-order chi connectivity index (χ1) is 8.03. The molecule has 1 fully saturated rings. The van der Waals surface area contributed by atoms with Crippen LogP contribution in [0.4, 0.5) is 0 Å². The van der Waals surface area contributed by atoms with Gasteiger partial charge in [-0.3, -0.25) is 4.79 Å². The lowest BCUT2D eigenvalue weighted by atomic mass is 9.96. The number of amides is 1. The van der Waals surface area contributed by atoms with Crippen molar-refractivity contribution in [2.24, 2.45) is 5.92 Å². The lowest BCUT2D eigenvalue weighted by molar-refractivity contribution is -0.152. The minimum Gasteiger partial charge on any atom is -0.369 e. The van der Waals surface area contributed by atoms with E-state index in [0.717, 1.165) is 32.5 Å². The zero-order chi connectivity index (χ0) is 12.9. The van der Waals surface area contributed by atoms with Gasteiger partial charge in [-0.25, -0.2) is 0 Å². The third-order valence-electron chi connectivity index (χ3n) is 3.92. The van der Waals surface area contributed by atoms with Crippen LogP contribution < -0.4 is 5.32 Å². The Bertz CT molecular complexity index is 246. The van der Waals surface area contributed by atoms with Crippen molar-refractivity contribution in [3.63, 3.8) is 0 Å². The summed E-state index contributed by atoms with van der Waals surface area (Å²) in [4.78, 5) is 14.1. The molecule has 0 spiro atoms. The van der Waals surface area contributed by atoms with E-state index in [0.29, 0.717) is 12.3 Å². The summed E-state index contributed by atoms with van der Waals surface area (Å²) in [5.74, 6) is 0.726. The Hall–Kier alpha value is -0.610. The van der Waals surface area contributed by atoms with Gasteiger partial charge in [-0.1, -0.05) is 6.92 Å². The van der Waals surface area contributed by atoms with Crippen LogP contribution >= 0.6 is 0 Å². The summed E-state index contributed by atoms with van der Waals surface area (Å²) >= 11 is 0. The lowest BCUT2D eigenvalue weighted by Gasteiger charge is -2.33. The molecule has 1 unspecified atom stereocenters. The SMILES string of the molecule is CCC(C)(OC)C(=O)N(C)CC1CCNCC1. The number of carbonyl (C=O) groups is 1. The van der Waals surface area contributed by atoms with Crippen molar-refractivity contribution >= 4 is 5.91 Å². The van der Waals surface area contributed by atoms with Crippen LogP contribution in [-0.4, -0.2) is 50.2 Å². The smallest absolute Gasteiger partial charge is 0.254 e. The number of methoxy groups -OCH3 is 1. The van der Waals surface area contributed by atoms with Gasteiger partial charge < -0.3 is 15.0 Å². The molecule has 0 radical (unpaired) electrons. The van der Waals surface area contributed by atoms with Crippen molar-refractivity contribution in [1.82, 2.24) is 10.2 Å².